The molecule has 6 heteroatoms. The lowest BCUT2D eigenvalue weighted by molar-refractivity contribution is 0.103. The maximum Gasteiger partial charge on any atom is 0.239 e. The van der Waals surface area contributed by atoms with E-state index in [9.17, 15) is 4.79 Å². The fourth-order valence-corrected chi connectivity index (χ4v) is 2.55. The van der Waals surface area contributed by atoms with Crippen molar-refractivity contribution in [3.8, 4) is 0 Å². The summed E-state index contributed by atoms with van der Waals surface area (Å²) in [5, 5.41) is 9.33. The Morgan fingerprint density at radius 3 is 2.83 bits per heavy atom. The van der Waals surface area contributed by atoms with Gasteiger partial charge in [-0.05, 0) is 19.9 Å². The highest BCUT2D eigenvalue weighted by Crippen LogP contribution is 2.20. The largest absolute Gasteiger partial charge is 0.396 e. The van der Waals surface area contributed by atoms with Gasteiger partial charge >= 0.3 is 0 Å². The third kappa shape index (κ3) is 2.60. The molecule has 0 aliphatic carbocycles. The lowest BCUT2D eigenvalue weighted by Gasteiger charge is -1.96. The summed E-state index contributed by atoms with van der Waals surface area (Å²) in [5.74, 6) is 0.363. The number of nitrogens with zero attached hydrogens (tertiary/aromatic N) is 3. The minimum absolute atomic E-state index is 0.0588. The van der Waals surface area contributed by atoms with Crippen LogP contribution in [0, 0.1) is 13.8 Å². The predicted molar refractivity (Wildman–Crippen MR) is 67.8 cm³/mol. The first-order valence-electron chi connectivity index (χ1n) is 5.53. The Balaban J connectivity index is 2.31. The molecule has 2 rings (SSSR count). The Labute approximate surface area is 109 Å². The molecule has 0 aliphatic rings. The van der Waals surface area contributed by atoms with Gasteiger partial charge in [-0.1, -0.05) is 0 Å². The maximum absolute atomic E-state index is 12.2. The molecule has 0 amide bonds. The van der Waals surface area contributed by atoms with Crippen LogP contribution in [0.2, 0.25) is 0 Å². The second-order valence-corrected chi connectivity index (χ2v) is 4.90. The van der Waals surface area contributed by atoms with Crippen LogP contribution in [0.15, 0.2) is 12.3 Å². The molecule has 2 aromatic rings. The summed E-state index contributed by atoms with van der Waals surface area (Å²) in [4.78, 5) is 25.4. The van der Waals surface area contributed by atoms with Gasteiger partial charge in [0.25, 0.3) is 0 Å². The molecule has 0 aliphatic heterocycles. The summed E-state index contributed by atoms with van der Waals surface area (Å²) in [7, 11) is 0. The van der Waals surface area contributed by atoms with E-state index in [1.165, 1.54) is 11.3 Å². The average Bonchev–Trinajstić information content (AvgIpc) is 2.71. The van der Waals surface area contributed by atoms with Crippen LogP contribution >= 0.6 is 11.3 Å². The molecule has 18 heavy (non-hydrogen) atoms. The number of aliphatic hydroxyl groups excluding tert-OH is 1. The minimum atomic E-state index is -0.196. The smallest absolute Gasteiger partial charge is 0.239 e. The molecular weight excluding hydrogens is 250 g/mol. The van der Waals surface area contributed by atoms with E-state index in [4.69, 9.17) is 5.11 Å². The van der Waals surface area contributed by atoms with Crippen molar-refractivity contribution < 1.29 is 9.90 Å². The first-order valence-corrected chi connectivity index (χ1v) is 6.35. The van der Waals surface area contributed by atoms with E-state index in [0.29, 0.717) is 22.9 Å². The van der Waals surface area contributed by atoms with Gasteiger partial charge < -0.3 is 5.11 Å². The van der Waals surface area contributed by atoms with E-state index in [2.05, 4.69) is 15.0 Å². The highest BCUT2D eigenvalue weighted by molar-refractivity contribution is 7.13. The van der Waals surface area contributed by atoms with E-state index >= 15 is 0 Å². The zero-order valence-corrected chi connectivity index (χ0v) is 11.0. The van der Waals surface area contributed by atoms with E-state index < -0.39 is 0 Å². The number of aliphatic hydroxyl groups is 1. The monoisotopic (exact) mass is 263 g/mol. The zero-order valence-electron chi connectivity index (χ0n) is 10.2. The van der Waals surface area contributed by atoms with E-state index in [0.717, 1.165) is 10.6 Å². The molecule has 0 aromatic carbocycles. The Bertz CT molecular complexity index is 580. The normalized spacial score (nSPS) is 10.6. The van der Waals surface area contributed by atoms with Crippen LogP contribution in [-0.4, -0.2) is 32.4 Å². The number of aryl methyl sites for hydroxylation is 2. The van der Waals surface area contributed by atoms with Gasteiger partial charge in [-0.2, -0.15) is 0 Å². The molecule has 2 heterocycles. The van der Waals surface area contributed by atoms with Gasteiger partial charge in [0, 0.05) is 24.1 Å². The van der Waals surface area contributed by atoms with Crippen LogP contribution in [0.4, 0.5) is 0 Å². The predicted octanol–water partition coefficient (Wildman–Crippen LogP) is 1.32. The summed E-state index contributed by atoms with van der Waals surface area (Å²) in [5.41, 5.74) is 1.15. The highest BCUT2D eigenvalue weighted by Gasteiger charge is 2.17. The number of aromatic nitrogens is 3. The Kier molecular flexibility index (Phi) is 3.78. The SMILES string of the molecule is Cc1nccc(C(=O)c2nc(C)c(CCO)s2)n1. The number of hydrogen-bond acceptors (Lipinski definition) is 6. The molecule has 5 nitrogen and oxygen atoms in total. The molecule has 0 bridgehead atoms. The van der Waals surface area contributed by atoms with Gasteiger partial charge in [0.1, 0.15) is 11.5 Å². The molecule has 0 saturated heterocycles. The van der Waals surface area contributed by atoms with Crippen molar-refractivity contribution in [1.82, 2.24) is 15.0 Å². The maximum atomic E-state index is 12.2. The van der Waals surface area contributed by atoms with Crippen molar-refractivity contribution in [2.75, 3.05) is 6.61 Å². The van der Waals surface area contributed by atoms with Crippen LogP contribution in [0.1, 0.15) is 31.9 Å². The fraction of sp³-hybridized carbons (Fsp3) is 0.333. The summed E-state index contributed by atoms with van der Waals surface area (Å²) >= 11 is 1.31. The minimum Gasteiger partial charge on any atom is -0.396 e. The zero-order chi connectivity index (χ0) is 13.1. The molecule has 1 N–H and O–H groups in total. The van der Waals surface area contributed by atoms with Crippen molar-refractivity contribution in [1.29, 1.82) is 0 Å². The number of thiazole rings is 1. The van der Waals surface area contributed by atoms with Gasteiger partial charge in [-0.15, -0.1) is 11.3 Å². The van der Waals surface area contributed by atoms with Crippen molar-refractivity contribution in [3.05, 3.63) is 39.4 Å². The van der Waals surface area contributed by atoms with E-state index in [1.807, 2.05) is 6.92 Å². The Morgan fingerprint density at radius 1 is 1.39 bits per heavy atom. The number of carbonyl (C=O) groups excluding carboxylic acids is 1. The van der Waals surface area contributed by atoms with Crippen LogP contribution in [0.5, 0.6) is 0 Å². The topological polar surface area (TPSA) is 76.0 Å². The van der Waals surface area contributed by atoms with Crippen molar-refractivity contribution >= 4 is 17.1 Å². The molecule has 0 radical (unpaired) electrons. The van der Waals surface area contributed by atoms with Gasteiger partial charge in [0.15, 0.2) is 5.01 Å². The standard InChI is InChI=1S/C12H13N3O2S/c1-7-10(4-6-16)18-12(14-7)11(17)9-3-5-13-8(2)15-9/h3,5,16H,4,6H2,1-2H3. The number of carbonyl (C=O) groups is 1. The van der Waals surface area contributed by atoms with E-state index in [1.54, 1.807) is 19.2 Å². The Morgan fingerprint density at radius 2 is 2.17 bits per heavy atom. The highest BCUT2D eigenvalue weighted by atomic mass is 32.1. The molecule has 2 aromatic heterocycles. The molecule has 0 atom stereocenters. The third-order valence-corrected chi connectivity index (χ3v) is 3.65. The van der Waals surface area contributed by atoms with Crippen LogP contribution in [0.25, 0.3) is 0 Å². The lowest BCUT2D eigenvalue weighted by atomic mass is 10.3. The van der Waals surface area contributed by atoms with Crippen LogP contribution in [-0.2, 0) is 6.42 Å². The summed E-state index contributed by atoms with van der Waals surface area (Å²) in [6.45, 7) is 3.63. The molecule has 0 unspecified atom stereocenters. The fourth-order valence-electron chi connectivity index (χ4n) is 1.55. The summed E-state index contributed by atoms with van der Waals surface area (Å²) < 4.78 is 0. The van der Waals surface area contributed by atoms with Crippen molar-refractivity contribution in [2.45, 2.75) is 20.3 Å². The van der Waals surface area contributed by atoms with E-state index in [-0.39, 0.29) is 12.4 Å². The molecule has 0 fully saturated rings. The lowest BCUT2D eigenvalue weighted by Crippen LogP contribution is -2.05. The van der Waals surface area contributed by atoms with Crippen molar-refractivity contribution in [2.24, 2.45) is 0 Å². The summed E-state index contributed by atoms with van der Waals surface area (Å²) in [6, 6.07) is 1.58. The van der Waals surface area contributed by atoms with Crippen molar-refractivity contribution in [3.63, 3.8) is 0 Å². The van der Waals surface area contributed by atoms with Gasteiger partial charge in [0.05, 0.1) is 5.69 Å². The first kappa shape index (κ1) is 12.8. The molecule has 0 saturated carbocycles. The average molecular weight is 263 g/mol. The van der Waals surface area contributed by atoms with Crippen LogP contribution in [0.3, 0.4) is 0 Å². The van der Waals surface area contributed by atoms with Gasteiger partial charge in [0.2, 0.25) is 5.78 Å². The second-order valence-electron chi connectivity index (χ2n) is 3.82. The summed E-state index contributed by atoms with van der Waals surface area (Å²) in [6.07, 6.45) is 2.09. The number of rotatable bonds is 4. The molecule has 94 valence electrons. The quantitative estimate of drug-likeness (QED) is 0.842. The van der Waals surface area contributed by atoms with Crippen LogP contribution < -0.4 is 0 Å². The molecule has 0 spiro atoms. The Hall–Kier alpha value is -1.66. The molecular formula is C12H13N3O2S. The van der Waals surface area contributed by atoms with Gasteiger partial charge in [-0.25, -0.2) is 15.0 Å². The third-order valence-electron chi connectivity index (χ3n) is 2.43. The van der Waals surface area contributed by atoms with Gasteiger partial charge in [-0.3, -0.25) is 4.79 Å². The second kappa shape index (κ2) is 5.32. The first-order chi connectivity index (χ1) is 8.61. The number of hydrogen-bond donors (Lipinski definition) is 1. The number of ketones is 1.